The van der Waals surface area contributed by atoms with Crippen molar-refractivity contribution in [2.45, 2.75) is 18.7 Å². The number of hydrogen-bond acceptors (Lipinski definition) is 5. The molecule has 1 rings (SSSR count). The monoisotopic (exact) mass is 277 g/mol. The number of nitrogens with two attached hydrogens (primary N) is 1. The fraction of sp³-hybridized carbons (Fsp3) is 0.600. The van der Waals surface area contributed by atoms with E-state index in [1.54, 1.807) is 4.68 Å². The zero-order chi connectivity index (χ0) is 13.0. The number of carbonyl (C=O) groups excluding carboxylic acids is 1. The fourth-order valence-corrected chi connectivity index (χ4v) is 2.68. The van der Waals surface area contributed by atoms with E-state index >= 15 is 0 Å². The van der Waals surface area contributed by atoms with Crippen LogP contribution < -0.4 is 5.73 Å². The van der Waals surface area contributed by atoms with Gasteiger partial charge in [-0.3, -0.25) is 9.48 Å². The van der Waals surface area contributed by atoms with Crippen molar-refractivity contribution in [3.63, 3.8) is 0 Å². The molecule has 0 saturated heterocycles. The van der Waals surface area contributed by atoms with Gasteiger partial charge in [0.25, 0.3) is 0 Å². The maximum atomic E-state index is 11.1. The van der Waals surface area contributed by atoms with Gasteiger partial charge in [-0.15, -0.1) is 0 Å². The summed E-state index contributed by atoms with van der Waals surface area (Å²) in [5, 5.41) is 4.88. The summed E-state index contributed by atoms with van der Waals surface area (Å²) in [5.74, 6) is 0.762. The number of esters is 1. The largest absolute Gasteiger partial charge is 0.468 e. The van der Waals surface area contributed by atoms with Gasteiger partial charge in [0.2, 0.25) is 0 Å². The molecule has 0 aliphatic carbocycles. The van der Waals surface area contributed by atoms with Gasteiger partial charge >= 0.3 is 5.97 Å². The summed E-state index contributed by atoms with van der Waals surface area (Å²) in [6.07, 6.45) is 0. The molecule has 1 aromatic rings. The van der Waals surface area contributed by atoms with Crippen LogP contribution in [-0.4, -0.2) is 34.7 Å². The summed E-state index contributed by atoms with van der Waals surface area (Å²) < 4.78 is 6.29. The molecule has 0 aliphatic heterocycles. The predicted molar refractivity (Wildman–Crippen MR) is 69.1 cm³/mol. The molecule has 17 heavy (non-hydrogen) atoms. The van der Waals surface area contributed by atoms with Crippen LogP contribution in [0.2, 0.25) is 5.02 Å². The number of thioether (sulfide) groups is 1. The third kappa shape index (κ3) is 3.62. The van der Waals surface area contributed by atoms with E-state index in [9.17, 15) is 4.79 Å². The Hall–Kier alpha value is -0.720. The molecular weight excluding hydrogens is 262 g/mol. The van der Waals surface area contributed by atoms with Crippen LogP contribution in [0.4, 0.5) is 0 Å². The molecule has 1 unspecified atom stereocenters. The summed E-state index contributed by atoms with van der Waals surface area (Å²) >= 11 is 7.63. The highest BCUT2D eigenvalue weighted by Gasteiger charge is 2.15. The Morgan fingerprint density at radius 1 is 1.71 bits per heavy atom. The molecule has 0 fully saturated rings. The Morgan fingerprint density at radius 3 is 2.82 bits per heavy atom. The molecule has 1 heterocycles. The minimum atomic E-state index is -0.599. The lowest BCUT2D eigenvalue weighted by Crippen LogP contribution is -2.33. The van der Waals surface area contributed by atoms with Crippen LogP contribution in [-0.2, 0) is 22.3 Å². The van der Waals surface area contributed by atoms with E-state index in [1.165, 1.54) is 18.9 Å². The number of aromatic nitrogens is 2. The number of carbonyl (C=O) groups is 1. The lowest BCUT2D eigenvalue weighted by molar-refractivity contribution is -0.141. The van der Waals surface area contributed by atoms with Crippen LogP contribution >= 0.6 is 23.4 Å². The second kappa shape index (κ2) is 6.28. The van der Waals surface area contributed by atoms with Crippen molar-refractivity contribution in [1.29, 1.82) is 0 Å². The quantitative estimate of drug-likeness (QED) is 0.817. The molecule has 0 bridgehead atoms. The molecule has 5 nitrogen and oxygen atoms in total. The van der Waals surface area contributed by atoms with Crippen molar-refractivity contribution in [1.82, 2.24) is 9.78 Å². The van der Waals surface area contributed by atoms with Gasteiger partial charge in [-0.25, -0.2) is 0 Å². The smallest absolute Gasteiger partial charge is 0.323 e. The Balaban J connectivity index is 2.49. The molecule has 0 amide bonds. The molecule has 0 aliphatic rings. The fourth-order valence-electron chi connectivity index (χ4n) is 1.34. The zero-order valence-electron chi connectivity index (χ0n) is 10.1. The van der Waals surface area contributed by atoms with Crippen LogP contribution in [0.1, 0.15) is 11.4 Å². The van der Waals surface area contributed by atoms with Crippen LogP contribution in [0.15, 0.2) is 0 Å². The van der Waals surface area contributed by atoms with Crippen molar-refractivity contribution < 1.29 is 9.53 Å². The maximum absolute atomic E-state index is 11.1. The molecule has 96 valence electrons. The van der Waals surface area contributed by atoms with E-state index in [2.05, 4.69) is 9.84 Å². The van der Waals surface area contributed by atoms with Gasteiger partial charge in [0.05, 0.1) is 23.5 Å². The second-order valence-electron chi connectivity index (χ2n) is 3.61. The highest BCUT2D eigenvalue weighted by atomic mass is 35.5. The van der Waals surface area contributed by atoms with E-state index in [0.29, 0.717) is 16.5 Å². The third-order valence-corrected chi connectivity index (χ3v) is 3.87. The average Bonchev–Trinajstić information content (AvgIpc) is 2.54. The summed E-state index contributed by atoms with van der Waals surface area (Å²) in [5.41, 5.74) is 7.37. The molecule has 7 heteroatoms. The first-order chi connectivity index (χ1) is 7.97. The predicted octanol–water partition coefficient (Wildman–Crippen LogP) is 1.12. The first kappa shape index (κ1) is 14.3. The number of nitrogens with zero attached hydrogens (tertiary/aromatic N) is 2. The highest BCUT2D eigenvalue weighted by molar-refractivity contribution is 7.98. The molecular formula is C10H16ClN3O2S. The number of aryl methyl sites for hydroxylation is 2. The number of hydrogen-bond donors (Lipinski definition) is 1. The topological polar surface area (TPSA) is 70.1 Å². The van der Waals surface area contributed by atoms with Crippen molar-refractivity contribution >= 4 is 29.3 Å². The van der Waals surface area contributed by atoms with Crippen molar-refractivity contribution in [2.24, 2.45) is 12.8 Å². The zero-order valence-corrected chi connectivity index (χ0v) is 11.6. The molecule has 1 aromatic heterocycles. The minimum absolute atomic E-state index is 0.398. The number of methoxy groups -OCH3 is 1. The normalized spacial score (nSPS) is 12.5. The van der Waals surface area contributed by atoms with Crippen molar-refractivity contribution in [3.05, 3.63) is 16.4 Å². The highest BCUT2D eigenvalue weighted by Crippen LogP contribution is 2.23. The molecule has 1 atom stereocenters. The van der Waals surface area contributed by atoms with E-state index in [4.69, 9.17) is 17.3 Å². The van der Waals surface area contributed by atoms with Gasteiger partial charge in [0.15, 0.2) is 0 Å². The molecule has 2 N–H and O–H groups in total. The van der Waals surface area contributed by atoms with Gasteiger partial charge in [-0.1, -0.05) is 11.6 Å². The van der Waals surface area contributed by atoms with Crippen molar-refractivity contribution in [2.75, 3.05) is 12.9 Å². The Kier molecular flexibility index (Phi) is 5.30. The maximum Gasteiger partial charge on any atom is 0.323 e. The van der Waals surface area contributed by atoms with Crippen molar-refractivity contribution in [3.8, 4) is 0 Å². The van der Waals surface area contributed by atoms with Gasteiger partial charge in [-0.05, 0) is 6.92 Å². The minimum Gasteiger partial charge on any atom is -0.468 e. The van der Waals surface area contributed by atoms with Gasteiger partial charge in [0.1, 0.15) is 6.04 Å². The molecule has 0 spiro atoms. The van der Waals surface area contributed by atoms with Gasteiger partial charge < -0.3 is 10.5 Å². The van der Waals surface area contributed by atoms with E-state index in [-0.39, 0.29) is 0 Å². The van der Waals surface area contributed by atoms with E-state index in [1.807, 2.05) is 14.0 Å². The first-order valence-electron chi connectivity index (χ1n) is 5.06. The number of rotatable bonds is 5. The van der Waals surface area contributed by atoms with E-state index in [0.717, 1.165) is 11.4 Å². The number of ether oxygens (including phenoxy) is 1. The second-order valence-corrected chi connectivity index (χ2v) is 5.02. The lowest BCUT2D eigenvalue weighted by Gasteiger charge is -2.08. The van der Waals surface area contributed by atoms with Gasteiger partial charge in [-0.2, -0.15) is 16.9 Å². The lowest BCUT2D eigenvalue weighted by atomic mass is 10.4. The molecule has 0 saturated carbocycles. The molecule has 0 aromatic carbocycles. The molecule has 0 radical (unpaired) electrons. The Labute approximate surface area is 110 Å². The first-order valence-corrected chi connectivity index (χ1v) is 6.59. The average molecular weight is 278 g/mol. The third-order valence-electron chi connectivity index (χ3n) is 2.30. The van der Waals surface area contributed by atoms with Crippen LogP contribution in [0, 0.1) is 6.92 Å². The SMILES string of the molecule is COC(=O)C(N)CSCc1c(Cl)c(C)nn1C. The van der Waals surface area contributed by atoms with Crippen LogP contribution in [0.3, 0.4) is 0 Å². The van der Waals surface area contributed by atoms with Crippen LogP contribution in [0.5, 0.6) is 0 Å². The Morgan fingerprint density at radius 2 is 2.35 bits per heavy atom. The van der Waals surface area contributed by atoms with Crippen LogP contribution in [0.25, 0.3) is 0 Å². The summed E-state index contributed by atoms with van der Waals surface area (Å²) in [4.78, 5) is 11.1. The summed E-state index contributed by atoms with van der Waals surface area (Å²) in [6.45, 7) is 1.86. The summed E-state index contributed by atoms with van der Waals surface area (Å²) in [6, 6.07) is -0.599. The van der Waals surface area contributed by atoms with E-state index < -0.39 is 12.0 Å². The standard InChI is InChI=1S/C10H16ClN3O2S/c1-6-9(11)8(14(2)13-6)5-17-4-7(12)10(15)16-3/h7H,4-5,12H2,1-3H3. The summed E-state index contributed by atoms with van der Waals surface area (Å²) in [7, 11) is 3.17. The Bertz CT molecular complexity index is 409. The van der Waals surface area contributed by atoms with Gasteiger partial charge in [0, 0.05) is 18.6 Å². The number of halogens is 1.